The van der Waals surface area contributed by atoms with Crippen molar-refractivity contribution in [3.05, 3.63) is 35.9 Å². The minimum absolute atomic E-state index is 0.0666. The summed E-state index contributed by atoms with van der Waals surface area (Å²) in [5.74, 6) is 0.744. The minimum atomic E-state index is -0.0666. The third kappa shape index (κ3) is 5.66. The molecule has 0 aliphatic heterocycles. The number of carbonyl (C=O) groups is 1. The van der Waals surface area contributed by atoms with Crippen molar-refractivity contribution in [1.82, 2.24) is 0 Å². The van der Waals surface area contributed by atoms with Gasteiger partial charge in [0.25, 0.3) is 0 Å². The molecular weight excluding hydrogens is 316 g/mol. The molecule has 2 nitrogen and oxygen atoms in total. The molecule has 0 bridgehead atoms. The zero-order valence-corrected chi connectivity index (χ0v) is 13.5. The number of hydrogen-bond donors (Lipinski definition) is 0. The zero-order valence-electron chi connectivity index (χ0n) is 11.9. The second kappa shape index (κ2) is 8.46. The van der Waals surface area contributed by atoms with Gasteiger partial charge in [-0.15, -0.1) is 0 Å². The van der Waals surface area contributed by atoms with E-state index in [2.05, 4.69) is 15.9 Å². The molecule has 0 saturated heterocycles. The van der Waals surface area contributed by atoms with E-state index in [9.17, 15) is 4.79 Å². The fourth-order valence-electron chi connectivity index (χ4n) is 2.76. The molecule has 20 heavy (non-hydrogen) atoms. The maximum absolute atomic E-state index is 11.7. The molecule has 1 saturated carbocycles. The van der Waals surface area contributed by atoms with Crippen LogP contribution in [0.5, 0.6) is 0 Å². The monoisotopic (exact) mass is 338 g/mol. The summed E-state index contributed by atoms with van der Waals surface area (Å²) in [6.07, 6.45) is 7.85. The van der Waals surface area contributed by atoms with Gasteiger partial charge in [0, 0.05) is 11.2 Å². The highest BCUT2D eigenvalue weighted by Crippen LogP contribution is 2.31. The Kier molecular flexibility index (Phi) is 6.58. The smallest absolute Gasteiger partial charge is 0.306 e. The molecular formula is C17H23BrO2. The van der Waals surface area contributed by atoms with E-state index >= 15 is 0 Å². The van der Waals surface area contributed by atoms with E-state index in [0.717, 1.165) is 22.7 Å². The summed E-state index contributed by atoms with van der Waals surface area (Å²) in [7, 11) is 0. The van der Waals surface area contributed by atoms with Crippen molar-refractivity contribution in [3.63, 3.8) is 0 Å². The van der Waals surface area contributed by atoms with Crippen LogP contribution in [0.2, 0.25) is 0 Å². The summed E-state index contributed by atoms with van der Waals surface area (Å²) in [5.41, 5.74) is 1.05. The minimum Gasteiger partial charge on any atom is -0.461 e. The molecule has 2 rings (SSSR count). The van der Waals surface area contributed by atoms with Crippen molar-refractivity contribution < 1.29 is 9.53 Å². The first-order valence-corrected chi connectivity index (χ1v) is 8.49. The Morgan fingerprint density at radius 1 is 1.15 bits per heavy atom. The highest BCUT2D eigenvalue weighted by molar-refractivity contribution is 9.09. The molecule has 1 aromatic rings. The van der Waals surface area contributed by atoms with Gasteiger partial charge in [0.05, 0.1) is 0 Å². The van der Waals surface area contributed by atoms with Crippen LogP contribution < -0.4 is 0 Å². The molecule has 3 heteroatoms. The quantitative estimate of drug-likeness (QED) is 0.547. The summed E-state index contributed by atoms with van der Waals surface area (Å²) < 4.78 is 5.29. The van der Waals surface area contributed by atoms with E-state index < -0.39 is 0 Å². The molecule has 0 radical (unpaired) electrons. The van der Waals surface area contributed by atoms with Gasteiger partial charge in [-0.1, -0.05) is 46.3 Å². The fourth-order valence-corrected chi connectivity index (χ4v) is 3.28. The predicted octanol–water partition coefficient (Wildman–Crippen LogP) is 4.85. The first-order valence-electron chi connectivity index (χ1n) is 7.57. The van der Waals surface area contributed by atoms with Crippen molar-refractivity contribution in [2.45, 2.75) is 56.4 Å². The van der Waals surface area contributed by atoms with E-state index in [4.69, 9.17) is 4.74 Å². The Labute approximate surface area is 130 Å². The molecule has 1 aromatic carbocycles. The molecule has 0 unspecified atom stereocenters. The molecule has 0 atom stereocenters. The van der Waals surface area contributed by atoms with Gasteiger partial charge in [0.2, 0.25) is 0 Å². The van der Waals surface area contributed by atoms with Crippen molar-refractivity contribution in [2.24, 2.45) is 5.92 Å². The van der Waals surface area contributed by atoms with Crippen molar-refractivity contribution in [3.8, 4) is 0 Å². The number of rotatable bonds is 6. The van der Waals surface area contributed by atoms with Crippen LogP contribution in [0.25, 0.3) is 0 Å². The summed E-state index contributed by atoms with van der Waals surface area (Å²) in [5, 5.41) is 0. The normalized spacial score (nSPS) is 22.4. The van der Waals surface area contributed by atoms with E-state index in [1.807, 2.05) is 30.3 Å². The third-order valence-corrected chi connectivity index (χ3v) is 4.93. The molecule has 0 spiro atoms. The van der Waals surface area contributed by atoms with Gasteiger partial charge in [-0.25, -0.2) is 0 Å². The molecule has 0 N–H and O–H groups in total. The lowest BCUT2D eigenvalue weighted by atomic mass is 9.86. The molecule has 0 amide bonds. The molecule has 1 aliphatic rings. The Morgan fingerprint density at radius 3 is 2.55 bits per heavy atom. The van der Waals surface area contributed by atoms with Crippen LogP contribution in [-0.2, 0) is 16.1 Å². The largest absolute Gasteiger partial charge is 0.461 e. The SMILES string of the molecule is O=C(CCCC1CCC(Br)CC1)OCc1ccccc1. The molecule has 0 heterocycles. The Bertz CT molecular complexity index is 397. The van der Waals surface area contributed by atoms with Gasteiger partial charge in [-0.05, 0) is 50.0 Å². The van der Waals surface area contributed by atoms with Gasteiger partial charge >= 0.3 is 5.97 Å². The van der Waals surface area contributed by atoms with Crippen molar-refractivity contribution in [2.75, 3.05) is 0 Å². The van der Waals surface area contributed by atoms with E-state index in [-0.39, 0.29) is 5.97 Å². The highest BCUT2D eigenvalue weighted by Gasteiger charge is 2.19. The summed E-state index contributed by atoms with van der Waals surface area (Å²) in [4.78, 5) is 12.4. The van der Waals surface area contributed by atoms with Crippen LogP contribution >= 0.6 is 15.9 Å². The maximum Gasteiger partial charge on any atom is 0.306 e. The van der Waals surface area contributed by atoms with E-state index in [0.29, 0.717) is 13.0 Å². The second-order valence-electron chi connectivity index (χ2n) is 5.66. The summed E-state index contributed by atoms with van der Waals surface area (Å²) in [6, 6.07) is 9.84. The van der Waals surface area contributed by atoms with Gasteiger partial charge < -0.3 is 4.74 Å². The van der Waals surface area contributed by atoms with Crippen molar-refractivity contribution in [1.29, 1.82) is 0 Å². The van der Waals surface area contributed by atoms with Gasteiger partial charge in [-0.3, -0.25) is 4.79 Å². The third-order valence-electron chi connectivity index (χ3n) is 4.01. The summed E-state index contributed by atoms with van der Waals surface area (Å²) in [6.45, 7) is 0.397. The van der Waals surface area contributed by atoms with Gasteiger partial charge in [-0.2, -0.15) is 0 Å². The Hall–Kier alpha value is -0.830. The van der Waals surface area contributed by atoms with Gasteiger partial charge in [0.1, 0.15) is 6.61 Å². The molecule has 110 valence electrons. The predicted molar refractivity (Wildman–Crippen MR) is 84.8 cm³/mol. The van der Waals surface area contributed by atoms with Crippen LogP contribution in [0.1, 0.15) is 50.5 Å². The lowest BCUT2D eigenvalue weighted by Crippen LogP contribution is -2.14. The highest BCUT2D eigenvalue weighted by atomic mass is 79.9. The summed E-state index contributed by atoms with van der Waals surface area (Å²) >= 11 is 3.68. The van der Waals surface area contributed by atoms with E-state index in [1.165, 1.54) is 32.1 Å². The van der Waals surface area contributed by atoms with Crippen molar-refractivity contribution >= 4 is 21.9 Å². The number of carbonyl (C=O) groups excluding carboxylic acids is 1. The van der Waals surface area contributed by atoms with Crippen LogP contribution in [0, 0.1) is 5.92 Å². The number of alkyl halides is 1. The van der Waals surface area contributed by atoms with Crippen LogP contribution in [0.4, 0.5) is 0 Å². The Balaban J connectivity index is 1.56. The maximum atomic E-state index is 11.7. The molecule has 1 aliphatic carbocycles. The second-order valence-corrected chi connectivity index (χ2v) is 6.95. The zero-order chi connectivity index (χ0) is 14.2. The fraction of sp³-hybridized carbons (Fsp3) is 0.588. The van der Waals surface area contributed by atoms with Crippen LogP contribution in [0.3, 0.4) is 0 Å². The standard InChI is InChI=1S/C17H23BrO2/c18-16-11-9-14(10-12-16)7-4-8-17(19)20-13-15-5-2-1-3-6-15/h1-3,5-6,14,16H,4,7-13H2. The van der Waals surface area contributed by atoms with Gasteiger partial charge in [0.15, 0.2) is 0 Å². The number of benzene rings is 1. The lowest BCUT2D eigenvalue weighted by Gasteiger charge is -2.24. The average Bonchev–Trinajstić information content (AvgIpc) is 2.48. The number of halogens is 1. The first kappa shape index (κ1) is 15.6. The lowest BCUT2D eigenvalue weighted by molar-refractivity contribution is -0.145. The molecule has 1 fully saturated rings. The first-order chi connectivity index (χ1) is 9.74. The molecule has 0 aromatic heterocycles. The van der Waals surface area contributed by atoms with Crippen LogP contribution in [-0.4, -0.2) is 10.8 Å². The Morgan fingerprint density at radius 2 is 1.85 bits per heavy atom. The number of ether oxygens (including phenoxy) is 1. The number of hydrogen-bond acceptors (Lipinski definition) is 2. The average molecular weight is 339 g/mol. The number of esters is 1. The van der Waals surface area contributed by atoms with Crippen LogP contribution in [0.15, 0.2) is 30.3 Å². The van der Waals surface area contributed by atoms with E-state index in [1.54, 1.807) is 0 Å². The topological polar surface area (TPSA) is 26.3 Å².